The summed E-state index contributed by atoms with van der Waals surface area (Å²) in [6.07, 6.45) is 15.9. The van der Waals surface area contributed by atoms with E-state index in [1.54, 1.807) is 0 Å². The molecule has 8 heteroatoms. The minimum absolute atomic E-state index is 0.155. The Labute approximate surface area is 198 Å². The second-order valence-corrected chi connectivity index (χ2v) is 9.18. The standard InChI is InChI=1S/C25H45NO7/c26-21(22(28)29)17-13-9-5-4-7-11-15-19-25(23(30)31,24(32)33)18-14-10-6-2-1-3-8-12-16-20-27/h20-21H,1-19,26H2,(H,28,29)(H,30,31)(H,32,33). The lowest BCUT2D eigenvalue weighted by Crippen LogP contribution is -2.39. The largest absolute Gasteiger partial charge is 0.480 e. The van der Waals surface area contributed by atoms with Crippen molar-refractivity contribution in [2.75, 3.05) is 0 Å². The lowest BCUT2D eigenvalue weighted by Gasteiger charge is -2.25. The van der Waals surface area contributed by atoms with Crippen LogP contribution in [-0.4, -0.2) is 45.6 Å². The first-order chi connectivity index (χ1) is 15.8. The second-order valence-electron chi connectivity index (χ2n) is 9.18. The van der Waals surface area contributed by atoms with Gasteiger partial charge in [0, 0.05) is 6.42 Å². The van der Waals surface area contributed by atoms with Gasteiger partial charge < -0.3 is 25.8 Å². The Morgan fingerprint density at radius 2 is 1.00 bits per heavy atom. The fraction of sp³-hybridized carbons (Fsp3) is 0.840. The normalized spacial score (nSPS) is 12.4. The third-order valence-corrected chi connectivity index (χ3v) is 6.43. The van der Waals surface area contributed by atoms with Crippen molar-refractivity contribution in [1.82, 2.24) is 0 Å². The zero-order valence-corrected chi connectivity index (χ0v) is 20.1. The fourth-order valence-electron chi connectivity index (χ4n) is 4.16. The van der Waals surface area contributed by atoms with Crippen molar-refractivity contribution in [2.45, 2.75) is 128 Å². The van der Waals surface area contributed by atoms with Crippen molar-refractivity contribution >= 4 is 24.2 Å². The molecule has 0 aliphatic heterocycles. The van der Waals surface area contributed by atoms with Crippen LogP contribution in [0.25, 0.3) is 0 Å². The van der Waals surface area contributed by atoms with Crippen molar-refractivity contribution in [3.05, 3.63) is 0 Å². The number of unbranched alkanes of at least 4 members (excludes halogenated alkanes) is 14. The number of carbonyl (C=O) groups excluding carboxylic acids is 1. The number of hydrogen-bond acceptors (Lipinski definition) is 5. The van der Waals surface area contributed by atoms with Crippen LogP contribution in [0.3, 0.4) is 0 Å². The first-order valence-electron chi connectivity index (χ1n) is 12.7. The summed E-state index contributed by atoms with van der Waals surface area (Å²) in [4.78, 5) is 44.6. The Bertz CT molecular complexity index is 551. The predicted octanol–water partition coefficient (Wildman–Crippen LogP) is 5.16. The number of rotatable bonds is 24. The van der Waals surface area contributed by atoms with E-state index in [1.807, 2.05) is 0 Å². The topological polar surface area (TPSA) is 155 Å². The molecule has 0 aromatic heterocycles. The van der Waals surface area contributed by atoms with Crippen LogP contribution < -0.4 is 5.73 Å². The van der Waals surface area contributed by atoms with E-state index in [9.17, 15) is 29.4 Å². The van der Waals surface area contributed by atoms with Crippen LogP contribution in [0.15, 0.2) is 0 Å². The summed E-state index contributed by atoms with van der Waals surface area (Å²) in [5.41, 5.74) is 3.77. The van der Waals surface area contributed by atoms with Gasteiger partial charge in [-0.1, -0.05) is 89.9 Å². The van der Waals surface area contributed by atoms with Crippen LogP contribution in [0.4, 0.5) is 0 Å². The molecule has 8 nitrogen and oxygen atoms in total. The third kappa shape index (κ3) is 14.7. The van der Waals surface area contributed by atoms with Crippen LogP contribution in [-0.2, 0) is 19.2 Å². The van der Waals surface area contributed by atoms with Crippen molar-refractivity contribution in [2.24, 2.45) is 11.1 Å². The number of hydrogen-bond donors (Lipinski definition) is 4. The predicted molar refractivity (Wildman–Crippen MR) is 127 cm³/mol. The highest BCUT2D eigenvalue weighted by atomic mass is 16.4. The van der Waals surface area contributed by atoms with Crippen LogP contribution in [0, 0.1) is 5.41 Å². The molecule has 0 aliphatic rings. The molecule has 0 saturated carbocycles. The van der Waals surface area contributed by atoms with E-state index in [0.29, 0.717) is 25.7 Å². The summed E-state index contributed by atoms with van der Waals surface area (Å²) < 4.78 is 0. The molecule has 5 N–H and O–H groups in total. The molecule has 0 radical (unpaired) electrons. The molecule has 33 heavy (non-hydrogen) atoms. The molecule has 0 spiro atoms. The summed E-state index contributed by atoms with van der Waals surface area (Å²) in [6.45, 7) is 0. The van der Waals surface area contributed by atoms with Crippen LogP contribution in [0.2, 0.25) is 0 Å². The van der Waals surface area contributed by atoms with Gasteiger partial charge in [0.25, 0.3) is 0 Å². The quantitative estimate of drug-likeness (QED) is 0.0854. The molecular weight excluding hydrogens is 426 g/mol. The first kappa shape index (κ1) is 31.0. The number of aldehydes is 1. The van der Waals surface area contributed by atoms with E-state index in [-0.39, 0.29) is 12.8 Å². The van der Waals surface area contributed by atoms with Crippen LogP contribution >= 0.6 is 0 Å². The van der Waals surface area contributed by atoms with E-state index >= 15 is 0 Å². The molecule has 0 aromatic carbocycles. The highest BCUT2D eigenvalue weighted by Crippen LogP contribution is 2.33. The summed E-state index contributed by atoms with van der Waals surface area (Å²) in [5, 5.41) is 28.1. The van der Waals surface area contributed by atoms with Crippen molar-refractivity contribution in [1.29, 1.82) is 0 Å². The van der Waals surface area contributed by atoms with E-state index in [0.717, 1.165) is 89.8 Å². The molecule has 1 atom stereocenters. The Balaban J connectivity index is 4.06. The number of carboxylic acids is 3. The molecule has 0 aliphatic carbocycles. The lowest BCUT2D eigenvalue weighted by molar-refractivity contribution is -0.166. The van der Waals surface area contributed by atoms with Gasteiger partial charge in [0.05, 0.1) is 0 Å². The number of aliphatic carboxylic acids is 3. The molecule has 0 saturated heterocycles. The van der Waals surface area contributed by atoms with E-state index < -0.39 is 29.4 Å². The van der Waals surface area contributed by atoms with Gasteiger partial charge in [-0.3, -0.25) is 14.4 Å². The number of nitrogens with two attached hydrogens (primary N) is 1. The van der Waals surface area contributed by atoms with Crippen molar-refractivity contribution in [3.8, 4) is 0 Å². The number of carboxylic acid groups (broad SMARTS) is 3. The van der Waals surface area contributed by atoms with E-state index in [4.69, 9.17) is 10.8 Å². The molecule has 0 bridgehead atoms. The Kier molecular flexibility index (Phi) is 18.3. The van der Waals surface area contributed by atoms with Gasteiger partial charge in [-0.15, -0.1) is 0 Å². The van der Waals surface area contributed by atoms with E-state index in [1.165, 1.54) is 0 Å². The minimum atomic E-state index is -1.69. The Hall–Kier alpha value is -1.96. The van der Waals surface area contributed by atoms with Crippen molar-refractivity contribution < 1.29 is 34.5 Å². The molecule has 0 fully saturated rings. The van der Waals surface area contributed by atoms with Gasteiger partial charge in [-0.25, -0.2) is 0 Å². The molecule has 0 rings (SSSR count). The fourth-order valence-corrected chi connectivity index (χ4v) is 4.16. The van der Waals surface area contributed by atoms with Crippen molar-refractivity contribution in [3.63, 3.8) is 0 Å². The van der Waals surface area contributed by atoms with Gasteiger partial charge >= 0.3 is 17.9 Å². The summed E-state index contributed by atoms with van der Waals surface area (Å²) >= 11 is 0. The summed E-state index contributed by atoms with van der Waals surface area (Å²) in [5.74, 6) is -3.45. The van der Waals surface area contributed by atoms with Gasteiger partial charge in [-0.2, -0.15) is 0 Å². The Morgan fingerprint density at radius 3 is 1.36 bits per heavy atom. The molecule has 0 heterocycles. The average molecular weight is 472 g/mol. The second kappa shape index (κ2) is 19.5. The van der Waals surface area contributed by atoms with Gasteiger partial charge in [0.2, 0.25) is 0 Å². The molecular formula is C25H45NO7. The smallest absolute Gasteiger partial charge is 0.321 e. The lowest BCUT2D eigenvalue weighted by atomic mass is 9.78. The summed E-state index contributed by atoms with van der Waals surface area (Å²) in [7, 11) is 0. The Morgan fingerprint density at radius 1 is 0.636 bits per heavy atom. The monoisotopic (exact) mass is 471 g/mol. The summed E-state index contributed by atoms with van der Waals surface area (Å²) in [6, 6.07) is -0.801. The maximum Gasteiger partial charge on any atom is 0.321 e. The van der Waals surface area contributed by atoms with Gasteiger partial charge in [-0.05, 0) is 25.7 Å². The van der Waals surface area contributed by atoms with E-state index in [2.05, 4.69) is 0 Å². The zero-order valence-electron chi connectivity index (χ0n) is 20.1. The highest BCUT2D eigenvalue weighted by molar-refractivity contribution is 5.98. The van der Waals surface area contributed by atoms with Gasteiger partial charge in [0.1, 0.15) is 12.3 Å². The van der Waals surface area contributed by atoms with Crippen LogP contribution in [0.5, 0.6) is 0 Å². The first-order valence-corrected chi connectivity index (χ1v) is 12.7. The third-order valence-electron chi connectivity index (χ3n) is 6.43. The highest BCUT2D eigenvalue weighted by Gasteiger charge is 2.45. The maximum atomic E-state index is 11.8. The number of carbonyl (C=O) groups is 4. The SMILES string of the molecule is NC(CCCCCCCCCC(CCCCCCCCCCC=O)(C(=O)O)C(=O)O)C(=O)O. The maximum absolute atomic E-state index is 11.8. The van der Waals surface area contributed by atoms with Gasteiger partial charge in [0.15, 0.2) is 5.41 Å². The zero-order chi connectivity index (χ0) is 25.0. The molecule has 1 unspecified atom stereocenters. The molecule has 0 amide bonds. The average Bonchev–Trinajstić information content (AvgIpc) is 2.76. The minimum Gasteiger partial charge on any atom is -0.480 e. The van der Waals surface area contributed by atoms with Crippen LogP contribution in [0.1, 0.15) is 122 Å². The molecule has 192 valence electrons. The molecule has 0 aromatic rings.